The summed E-state index contributed by atoms with van der Waals surface area (Å²) in [5.41, 5.74) is 8.63. The molecule has 0 spiro atoms. The summed E-state index contributed by atoms with van der Waals surface area (Å²) in [6, 6.07) is 5.52. The number of para-hydroxylation sites is 1. The maximum atomic E-state index is 11.5. The van der Waals surface area contributed by atoms with Crippen LogP contribution in [-0.2, 0) is 11.2 Å². The fraction of sp³-hybridized carbons (Fsp3) is 0.417. The minimum atomic E-state index is -0.477. The number of hydrogen-bond acceptors (Lipinski definition) is 2. The SMILES string of the molecule is CCc1cccc(C)c1NC(=O)C(C)N. The predicted octanol–water partition coefficient (Wildman–Crippen LogP) is 1.84. The zero-order valence-corrected chi connectivity index (χ0v) is 9.50. The highest BCUT2D eigenvalue weighted by atomic mass is 16.2. The average molecular weight is 206 g/mol. The van der Waals surface area contributed by atoms with Crippen LogP contribution in [0.25, 0.3) is 0 Å². The van der Waals surface area contributed by atoms with Gasteiger partial charge in [-0.3, -0.25) is 4.79 Å². The fourth-order valence-corrected chi connectivity index (χ4v) is 1.44. The Labute approximate surface area is 90.7 Å². The summed E-state index contributed by atoms with van der Waals surface area (Å²) in [6.45, 7) is 5.73. The third-order valence-corrected chi connectivity index (χ3v) is 2.40. The van der Waals surface area contributed by atoms with Gasteiger partial charge in [-0.1, -0.05) is 25.1 Å². The first-order chi connectivity index (χ1) is 7.06. The summed E-state index contributed by atoms with van der Waals surface area (Å²) < 4.78 is 0. The summed E-state index contributed by atoms with van der Waals surface area (Å²) in [5.74, 6) is -0.140. The first-order valence-electron chi connectivity index (χ1n) is 5.21. The van der Waals surface area contributed by atoms with Gasteiger partial charge in [-0.05, 0) is 31.4 Å². The number of carbonyl (C=O) groups is 1. The Morgan fingerprint density at radius 1 is 1.53 bits per heavy atom. The number of hydrogen-bond donors (Lipinski definition) is 2. The molecule has 3 heteroatoms. The molecule has 0 aliphatic carbocycles. The van der Waals surface area contributed by atoms with Crippen molar-refractivity contribution in [2.24, 2.45) is 5.73 Å². The number of nitrogens with two attached hydrogens (primary N) is 1. The predicted molar refractivity (Wildman–Crippen MR) is 62.8 cm³/mol. The molecule has 0 aliphatic heterocycles. The van der Waals surface area contributed by atoms with Gasteiger partial charge in [0.15, 0.2) is 0 Å². The molecule has 1 unspecified atom stereocenters. The molecule has 1 amide bonds. The zero-order valence-electron chi connectivity index (χ0n) is 9.50. The summed E-state index contributed by atoms with van der Waals surface area (Å²) in [6.07, 6.45) is 0.899. The van der Waals surface area contributed by atoms with E-state index in [-0.39, 0.29) is 5.91 Å². The van der Waals surface area contributed by atoms with Crippen molar-refractivity contribution in [1.29, 1.82) is 0 Å². The lowest BCUT2D eigenvalue weighted by atomic mass is 10.1. The normalized spacial score (nSPS) is 12.3. The van der Waals surface area contributed by atoms with E-state index in [4.69, 9.17) is 5.73 Å². The van der Waals surface area contributed by atoms with E-state index in [9.17, 15) is 4.79 Å². The van der Waals surface area contributed by atoms with Crippen LogP contribution in [0.5, 0.6) is 0 Å². The summed E-state index contributed by atoms with van der Waals surface area (Å²) in [4.78, 5) is 11.5. The van der Waals surface area contributed by atoms with Gasteiger partial charge in [0, 0.05) is 5.69 Å². The van der Waals surface area contributed by atoms with E-state index in [1.54, 1.807) is 6.92 Å². The highest BCUT2D eigenvalue weighted by Crippen LogP contribution is 2.20. The molecule has 0 saturated heterocycles. The lowest BCUT2D eigenvalue weighted by Gasteiger charge is -2.14. The Morgan fingerprint density at radius 3 is 2.73 bits per heavy atom. The van der Waals surface area contributed by atoms with Crippen LogP contribution >= 0.6 is 0 Å². The van der Waals surface area contributed by atoms with E-state index in [2.05, 4.69) is 12.2 Å². The maximum absolute atomic E-state index is 11.5. The number of benzene rings is 1. The molecule has 0 aromatic heterocycles. The first kappa shape index (κ1) is 11.7. The summed E-state index contributed by atoms with van der Waals surface area (Å²) in [5, 5.41) is 2.87. The Bertz CT molecular complexity index is 359. The number of rotatable bonds is 3. The molecule has 0 heterocycles. The molecule has 1 aromatic carbocycles. The number of aryl methyl sites for hydroxylation is 2. The smallest absolute Gasteiger partial charge is 0.241 e. The third kappa shape index (κ3) is 2.80. The molecule has 0 bridgehead atoms. The second kappa shape index (κ2) is 4.94. The molecule has 1 aromatic rings. The van der Waals surface area contributed by atoms with Crippen LogP contribution in [0.2, 0.25) is 0 Å². The van der Waals surface area contributed by atoms with E-state index in [1.807, 2.05) is 25.1 Å². The molecule has 1 atom stereocenters. The van der Waals surface area contributed by atoms with Crippen LogP contribution in [0.3, 0.4) is 0 Å². The van der Waals surface area contributed by atoms with Crippen molar-refractivity contribution in [3.8, 4) is 0 Å². The summed E-state index contributed by atoms with van der Waals surface area (Å²) >= 11 is 0. The van der Waals surface area contributed by atoms with Gasteiger partial charge < -0.3 is 11.1 Å². The van der Waals surface area contributed by atoms with Crippen LogP contribution in [0.15, 0.2) is 18.2 Å². The number of amides is 1. The van der Waals surface area contributed by atoms with E-state index >= 15 is 0 Å². The summed E-state index contributed by atoms with van der Waals surface area (Å²) in [7, 11) is 0. The van der Waals surface area contributed by atoms with Crippen molar-refractivity contribution >= 4 is 11.6 Å². The fourth-order valence-electron chi connectivity index (χ4n) is 1.44. The Hall–Kier alpha value is -1.35. The van der Waals surface area contributed by atoms with Gasteiger partial charge in [0.05, 0.1) is 6.04 Å². The van der Waals surface area contributed by atoms with Gasteiger partial charge in [0.25, 0.3) is 0 Å². The molecular weight excluding hydrogens is 188 g/mol. The van der Waals surface area contributed by atoms with Crippen molar-refractivity contribution in [3.63, 3.8) is 0 Å². The van der Waals surface area contributed by atoms with Crippen molar-refractivity contribution in [2.75, 3.05) is 5.32 Å². The lowest BCUT2D eigenvalue weighted by molar-refractivity contribution is -0.117. The van der Waals surface area contributed by atoms with E-state index in [0.717, 1.165) is 23.2 Å². The van der Waals surface area contributed by atoms with Crippen LogP contribution < -0.4 is 11.1 Å². The highest BCUT2D eigenvalue weighted by molar-refractivity contribution is 5.95. The molecule has 3 N–H and O–H groups in total. The second-order valence-electron chi connectivity index (χ2n) is 3.74. The standard InChI is InChI=1S/C12H18N2O/c1-4-10-7-5-6-8(2)11(10)14-12(15)9(3)13/h5-7,9H,4,13H2,1-3H3,(H,14,15). The minimum Gasteiger partial charge on any atom is -0.324 e. The molecule has 3 nitrogen and oxygen atoms in total. The van der Waals surface area contributed by atoms with E-state index in [0.29, 0.717) is 0 Å². The molecule has 0 radical (unpaired) electrons. The molecule has 15 heavy (non-hydrogen) atoms. The van der Waals surface area contributed by atoms with Crippen molar-refractivity contribution in [1.82, 2.24) is 0 Å². The third-order valence-electron chi connectivity index (χ3n) is 2.40. The largest absolute Gasteiger partial charge is 0.324 e. The number of anilines is 1. The monoisotopic (exact) mass is 206 g/mol. The molecule has 1 rings (SSSR count). The number of nitrogens with one attached hydrogen (secondary N) is 1. The average Bonchev–Trinajstić information content (AvgIpc) is 2.20. The molecule has 0 saturated carbocycles. The van der Waals surface area contributed by atoms with Gasteiger partial charge in [-0.25, -0.2) is 0 Å². The Balaban J connectivity index is 2.97. The van der Waals surface area contributed by atoms with E-state index in [1.165, 1.54) is 0 Å². The lowest BCUT2D eigenvalue weighted by Crippen LogP contribution is -2.33. The molecule has 0 fully saturated rings. The second-order valence-corrected chi connectivity index (χ2v) is 3.74. The van der Waals surface area contributed by atoms with Crippen molar-refractivity contribution in [2.45, 2.75) is 33.2 Å². The van der Waals surface area contributed by atoms with Crippen molar-refractivity contribution < 1.29 is 4.79 Å². The first-order valence-corrected chi connectivity index (χ1v) is 5.21. The maximum Gasteiger partial charge on any atom is 0.241 e. The molecular formula is C12H18N2O. The topological polar surface area (TPSA) is 55.1 Å². The van der Waals surface area contributed by atoms with Crippen molar-refractivity contribution in [3.05, 3.63) is 29.3 Å². The molecule has 82 valence electrons. The Morgan fingerprint density at radius 2 is 2.20 bits per heavy atom. The van der Waals surface area contributed by atoms with Gasteiger partial charge >= 0.3 is 0 Å². The quantitative estimate of drug-likeness (QED) is 0.793. The van der Waals surface area contributed by atoms with Gasteiger partial charge in [0.2, 0.25) is 5.91 Å². The highest BCUT2D eigenvalue weighted by Gasteiger charge is 2.11. The van der Waals surface area contributed by atoms with Gasteiger partial charge in [0.1, 0.15) is 0 Å². The minimum absolute atomic E-state index is 0.140. The van der Waals surface area contributed by atoms with Crippen LogP contribution in [0.1, 0.15) is 25.0 Å². The van der Waals surface area contributed by atoms with Gasteiger partial charge in [-0.2, -0.15) is 0 Å². The number of carbonyl (C=O) groups excluding carboxylic acids is 1. The van der Waals surface area contributed by atoms with Gasteiger partial charge in [-0.15, -0.1) is 0 Å². The van der Waals surface area contributed by atoms with Crippen LogP contribution in [-0.4, -0.2) is 11.9 Å². The van der Waals surface area contributed by atoms with Crippen LogP contribution in [0.4, 0.5) is 5.69 Å². The molecule has 0 aliphatic rings. The van der Waals surface area contributed by atoms with E-state index < -0.39 is 6.04 Å². The zero-order chi connectivity index (χ0) is 11.4. The van der Waals surface area contributed by atoms with Crippen LogP contribution in [0, 0.1) is 6.92 Å². The Kier molecular flexibility index (Phi) is 3.86.